The maximum absolute atomic E-state index is 14.7. The van der Waals surface area contributed by atoms with Crippen LogP contribution in [-0.2, 0) is 0 Å². The predicted octanol–water partition coefficient (Wildman–Crippen LogP) is 5.39. The van der Waals surface area contributed by atoms with E-state index in [9.17, 15) is 9.18 Å². The van der Waals surface area contributed by atoms with E-state index >= 15 is 0 Å². The zero-order chi connectivity index (χ0) is 26.3. The highest BCUT2D eigenvalue weighted by molar-refractivity contribution is 5.92. The van der Waals surface area contributed by atoms with Gasteiger partial charge in [-0.1, -0.05) is 11.3 Å². The number of rotatable bonds is 7. The van der Waals surface area contributed by atoms with Crippen LogP contribution in [0.2, 0.25) is 0 Å². The highest BCUT2D eigenvalue weighted by Gasteiger charge is 2.43. The van der Waals surface area contributed by atoms with Crippen molar-refractivity contribution in [1.82, 2.24) is 20.2 Å². The van der Waals surface area contributed by atoms with Crippen LogP contribution in [0.15, 0.2) is 29.6 Å². The molecule has 2 amide bonds. The number of piperidine rings is 1. The van der Waals surface area contributed by atoms with Gasteiger partial charge in [0.15, 0.2) is 11.6 Å². The highest BCUT2D eigenvalue weighted by atomic mass is 19.1. The average molecular weight is 498 g/mol. The molecule has 0 bridgehead atoms. The summed E-state index contributed by atoms with van der Waals surface area (Å²) in [5, 5.41) is 13.4. The lowest BCUT2D eigenvalue weighted by molar-refractivity contribution is -0.00778. The molecule has 11 heteroatoms. The van der Waals surface area contributed by atoms with E-state index in [1.165, 1.54) is 7.05 Å². The summed E-state index contributed by atoms with van der Waals surface area (Å²) in [5.74, 6) is 0.198. The molecule has 1 aliphatic heterocycles. The van der Waals surface area contributed by atoms with Crippen LogP contribution in [0.25, 0.3) is 0 Å². The van der Waals surface area contributed by atoms with Gasteiger partial charge < -0.3 is 16.0 Å². The molecule has 10 nitrogen and oxygen atoms in total. The van der Waals surface area contributed by atoms with Gasteiger partial charge in [0.2, 0.25) is 5.95 Å². The van der Waals surface area contributed by atoms with Gasteiger partial charge in [0.1, 0.15) is 0 Å². The second kappa shape index (κ2) is 9.61. The van der Waals surface area contributed by atoms with E-state index in [1.807, 2.05) is 12.1 Å². The van der Waals surface area contributed by atoms with Gasteiger partial charge in [-0.05, 0) is 84.0 Å². The molecular formula is C25H36FN9O. The van der Waals surface area contributed by atoms with Gasteiger partial charge in [0.25, 0.3) is 0 Å². The maximum Gasteiger partial charge on any atom is 0.343 e. The van der Waals surface area contributed by atoms with E-state index in [0.717, 1.165) is 42.5 Å². The molecule has 1 saturated heterocycles. The Hall–Kier alpha value is -3.34. The number of halogens is 1. The lowest BCUT2D eigenvalue weighted by Crippen LogP contribution is -2.61. The third kappa shape index (κ3) is 5.25. The van der Waals surface area contributed by atoms with Gasteiger partial charge in [-0.2, -0.15) is 15.5 Å². The number of anilines is 4. The molecule has 1 aromatic carbocycles. The molecule has 4 N–H and O–H groups in total. The Morgan fingerprint density at radius 1 is 1.22 bits per heavy atom. The summed E-state index contributed by atoms with van der Waals surface area (Å²) in [4.78, 5) is 23.2. The maximum atomic E-state index is 14.7. The lowest BCUT2D eigenvalue weighted by atomic mass is 9.77. The number of nitrogens with zero attached hydrogens (tertiary/aromatic N) is 5. The van der Waals surface area contributed by atoms with Crippen LogP contribution in [0.4, 0.5) is 32.3 Å². The van der Waals surface area contributed by atoms with Gasteiger partial charge in [-0.25, -0.2) is 14.2 Å². The average Bonchev–Trinajstić information content (AvgIpc) is 3.65. The fourth-order valence-electron chi connectivity index (χ4n) is 5.18. The van der Waals surface area contributed by atoms with Crippen LogP contribution in [0.1, 0.15) is 64.9 Å². The Morgan fingerprint density at radius 3 is 2.47 bits per heavy atom. The van der Waals surface area contributed by atoms with Crippen molar-refractivity contribution in [2.45, 2.75) is 76.4 Å². The Labute approximate surface area is 211 Å². The molecule has 0 unspecified atom stereocenters. The minimum absolute atomic E-state index is 0.0488. The molecule has 1 saturated carbocycles. The van der Waals surface area contributed by atoms with E-state index in [2.05, 4.69) is 70.8 Å². The van der Waals surface area contributed by atoms with Gasteiger partial charge >= 0.3 is 6.03 Å². The first-order valence-corrected chi connectivity index (χ1v) is 12.3. The number of urea groups is 1. The van der Waals surface area contributed by atoms with Crippen LogP contribution in [0.5, 0.6) is 0 Å². The van der Waals surface area contributed by atoms with E-state index < -0.39 is 11.8 Å². The van der Waals surface area contributed by atoms with Gasteiger partial charge in [-0.15, -0.1) is 0 Å². The summed E-state index contributed by atoms with van der Waals surface area (Å²) >= 11 is 0. The number of aromatic nitrogens is 2. The smallest absolute Gasteiger partial charge is 0.343 e. The van der Waals surface area contributed by atoms with Crippen LogP contribution >= 0.6 is 0 Å². The number of carbonyl (C=O) groups excluding carboxylic acids is 1. The SMILES string of the molecule is CNC(=O)N(N=N)c1cc(Nc2ncc(F)c(NC3CC(C)(C)N(C)C(C)(C)C3)n2)ccc1C1CC1. The Morgan fingerprint density at radius 2 is 1.89 bits per heavy atom. The predicted molar refractivity (Wildman–Crippen MR) is 138 cm³/mol. The van der Waals surface area contributed by atoms with Crippen LogP contribution < -0.4 is 21.0 Å². The Balaban J connectivity index is 1.57. The number of nitrogens with one attached hydrogen (secondary N) is 4. The molecular weight excluding hydrogens is 461 g/mol. The molecule has 0 atom stereocenters. The van der Waals surface area contributed by atoms with Crippen molar-refractivity contribution in [3.8, 4) is 0 Å². The number of benzene rings is 1. The minimum Gasteiger partial charge on any atom is -0.365 e. The first-order valence-electron chi connectivity index (χ1n) is 12.3. The van der Waals surface area contributed by atoms with Crippen LogP contribution in [0, 0.1) is 11.3 Å². The largest absolute Gasteiger partial charge is 0.365 e. The molecule has 194 valence electrons. The van der Waals surface area contributed by atoms with Crippen molar-refractivity contribution < 1.29 is 9.18 Å². The molecule has 4 rings (SSSR count). The topological polar surface area (TPSA) is 122 Å². The Kier molecular flexibility index (Phi) is 6.87. The molecule has 1 aromatic heterocycles. The summed E-state index contributed by atoms with van der Waals surface area (Å²) in [7, 11) is 3.62. The zero-order valence-corrected chi connectivity index (χ0v) is 21.8. The van der Waals surface area contributed by atoms with Crippen molar-refractivity contribution in [1.29, 1.82) is 5.53 Å². The van der Waals surface area contributed by atoms with Crippen molar-refractivity contribution >= 4 is 29.2 Å². The molecule has 2 aliphatic rings. The number of hydrogen-bond donors (Lipinski definition) is 4. The molecule has 0 radical (unpaired) electrons. The quantitative estimate of drug-likeness (QED) is 0.300. The van der Waals surface area contributed by atoms with Crippen LogP contribution in [0.3, 0.4) is 0 Å². The lowest BCUT2D eigenvalue weighted by Gasteiger charge is -2.53. The third-order valence-corrected chi connectivity index (χ3v) is 7.43. The van der Waals surface area contributed by atoms with Gasteiger partial charge in [0, 0.05) is 29.9 Å². The molecule has 2 fully saturated rings. The van der Waals surface area contributed by atoms with Gasteiger partial charge in [-0.3, -0.25) is 4.90 Å². The fourth-order valence-corrected chi connectivity index (χ4v) is 5.18. The minimum atomic E-state index is -0.515. The standard InChI is InChI=1S/C25H36FN9O/c1-24(2)12-17(13-25(3,4)34(24)6)30-21-19(26)14-29-22(32-21)31-16-9-10-18(15-7-8-15)20(11-16)35(33-27)23(36)28-5/h9-11,14-15,17,27H,7-8,12-13H2,1-6H3,(H,28,36)(H2,29,30,31,32). The molecule has 1 aliphatic carbocycles. The van der Waals surface area contributed by atoms with E-state index in [-0.39, 0.29) is 28.9 Å². The molecule has 2 aromatic rings. The monoisotopic (exact) mass is 497 g/mol. The summed E-state index contributed by atoms with van der Waals surface area (Å²) in [6, 6.07) is 5.07. The number of likely N-dealkylation sites (tertiary alicyclic amines) is 1. The summed E-state index contributed by atoms with van der Waals surface area (Å²) in [6.45, 7) is 8.78. The van der Waals surface area contributed by atoms with Gasteiger partial charge in [0.05, 0.1) is 11.9 Å². The first kappa shape index (κ1) is 25.7. The number of carbonyl (C=O) groups is 1. The van der Waals surface area contributed by atoms with Crippen molar-refractivity contribution in [2.75, 3.05) is 29.7 Å². The molecule has 0 spiro atoms. The van der Waals surface area contributed by atoms with Crippen molar-refractivity contribution in [3.63, 3.8) is 0 Å². The summed E-state index contributed by atoms with van der Waals surface area (Å²) in [6.07, 6.45) is 4.90. The second-order valence-corrected chi connectivity index (χ2v) is 11.0. The summed E-state index contributed by atoms with van der Waals surface area (Å²) in [5.41, 5.74) is 9.49. The molecule has 36 heavy (non-hydrogen) atoms. The number of amides is 2. The van der Waals surface area contributed by atoms with E-state index in [4.69, 9.17) is 5.53 Å². The third-order valence-electron chi connectivity index (χ3n) is 7.43. The number of hydrogen-bond acceptors (Lipinski definition) is 8. The Bertz CT molecular complexity index is 1130. The van der Waals surface area contributed by atoms with E-state index in [0.29, 0.717) is 17.3 Å². The van der Waals surface area contributed by atoms with Crippen LogP contribution in [-0.4, -0.2) is 52.1 Å². The van der Waals surface area contributed by atoms with E-state index in [1.54, 1.807) is 6.07 Å². The second-order valence-electron chi connectivity index (χ2n) is 11.0. The fraction of sp³-hybridized carbons (Fsp3) is 0.560. The van der Waals surface area contributed by atoms with Crippen molar-refractivity contribution in [2.24, 2.45) is 5.22 Å². The van der Waals surface area contributed by atoms with Crippen molar-refractivity contribution in [3.05, 3.63) is 35.8 Å². The zero-order valence-electron chi connectivity index (χ0n) is 21.8. The highest BCUT2D eigenvalue weighted by Crippen LogP contribution is 2.45. The summed E-state index contributed by atoms with van der Waals surface area (Å²) < 4.78 is 14.7. The normalized spacial score (nSPS) is 19.4. The first-order chi connectivity index (χ1) is 16.9. The molecule has 2 heterocycles.